The molecule has 5 heteroatoms. The van der Waals surface area contributed by atoms with Crippen LogP contribution in [-0.2, 0) is 22.9 Å². The highest BCUT2D eigenvalue weighted by Gasteiger charge is 2.31. The predicted octanol–water partition coefficient (Wildman–Crippen LogP) is 4.30. The molecule has 0 aliphatic rings. The van der Waals surface area contributed by atoms with Crippen LogP contribution in [0.25, 0.3) is 0 Å². The second kappa shape index (κ2) is 6.44. The van der Waals surface area contributed by atoms with E-state index in [1.54, 1.807) is 19.9 Å². The van der Waals surface area contributed by atoms with Crippen LogP contribution in [0.15, 0.2) is 54.6 Å². The van der Waals surface area contributed by atoms with Crippen molar-refractivity contribution in [1.82, 2.24) is 5.32 Å². The van der Waals surface area contributed by atoms with Crippen molar-refractivity contribution in [1.29, 1.82) is 0 Å². The lowest BCUT2D eigenvalue weighted by molar-refractivity contribution is -0.137. The zero-order valence-corrected chi connectivity index (χ0v) is 12.9. The third kappa shape index (κ3) is 4.12. The van der Waals surface area contributed by atoms with Gasteiger partial charge in [0, 0.05) is 6.54 Å². The second-order valence-corrected chi connectivity index (χ2v) is 5.87. The van der Waals surface area contributed by atoms with Gasteiger partial charge in [-0.1, -0.05) is 42.5 Å². The molecule has 122 valence electrons. The van der Waals surface area contributed by atoms with Crippen LogP contribution in [0.5, 0.6) is 0 Å². The largest absolute Gasteiger partial charge is 0.416 e. The van der Waals surface area contributed by atoms with Crippen molar-refractivity contribution in [2.24, 2.45) is 0 Å². The van der Waals surface area contributed by atoms with E-state index in [4.69, 9.17) is 0 Å². The first-order chi connectivity index (χ1) is 10.7. The molecule has 0 spiro atoms. The quantitative estimate of drug-likeness (QED) is 0.894. The minimum absolute atomic E-state index is 0.0546. The summed E-state index contributed by atoms with van der Waals surface area (Å²) in [6, 6.07) is 14.2. The van der Waals surface area contributed by atoms with Gasteiger partial charge in [-0.25, -0.2) is 0 Å². The summed E-state index contributed by atoms with van der Waals surface area (Å²) in [7, 11) is 0. The number of rotatable bonds is 4. The minimum atomic E-state index is -4.39. The van der Waals surface area contributed by atoms with E-state index in [0.29, 0.717) is 5.56 Å². The van der Waals surface area contributed by atoms with E-state index in [1.807, 2.05) is 30.3 Å². The van der Waals surface area contributed by atoms with Crippen molar-refractivity contribution in [2.75, 3.05) is 0 Å². The van der Waals surface area contributed by atoms with Crippen LogP contribution in [0.3, 0.4) is 0 Å². The Bertz CT molecular complexity index is 678. The van der Waals surface area contributed by atoms with Crippen LogP contribution in [0.2, 0.25) is 0 Å². The Kier molecular flexibility index (Phi) is 4.78. The summed E-state index contributed by atoms with van der Waals surface area (Å²) in [4.78, 5) is 12.4. The molecule has 23 heavy (non-hydrogen) atoms. The fraction of sp³-hybridized carbons (Fsp3) is 0.278. The number of halogens is 3. The molecule has 0 heterocycles. The fourth-order valence-electron chi connectivity index (χ4n) is 2.25. The third-order valence-corrected chi connectivity index (χ3v) is 3.77. The minimum Gasteiger partial charge on any atom is -0.351 e. The summed E-state index contributed by atoms with van der Waals surface area (Å²) in [6.45, 7) is 3.62. The SMILES string of the molecule is CC(C)(C(=O)NCc1cccc(C(F)(F)F)c1)c1ccccc1. The number of hydrogen-bond acceptors (Lipinski definition) is 1. The first kappa shape index (κ1) is 17.1. The van der Waals surface area contributed by atoms with Gasteiger partial charge >= 0.3 is 6.18 Å². The summed E-state index contributed by atoms with van der Waals surface area (Å²) >= 11 is 0. The molecule has 0 saturated carbocycles. The molecule has 2 rings (SSSR count). The molecule has 1 amide bonds. The topological polar surface area (TPSA) is 29.1 Å². The lowest BCUT2D eigenvalue weighted by Gasteiger charge is -2.24. The smallest absolute Gasteiger partial charge is 0.351 e. The predicted molar refractivity (Wildman–Crippen MR) is 82.8 cm³/mol. The molecule has 0 aromatic heterocycles. The number of carbonyl (C=O) groups excluding carboxylic acids is 1. The van der Waals surface area contributed by atoms with Gasteiger partial charge in [-0.15, -0.1) is 0 Å². The van der Waals surface area contributed by atoms with E-state index < -0.39 is 17.2 Å². The van der Waals surface area contributed by atoms with E-state index >= 15 is 0 Å². The number of hydrogen-bond donors (Lipinski definition) is 1. The molecule has 0 atom stereocenters. The number of alkyl halides is 3. The molecule has 0 aliphatic heterocycles. The zero-order chi connectivity index (χ0) is 17.1. The average Bonchev–Trinajstić information content (AvgIpc) is 2.53. The molecule has 0 bridgehead atoms. The second-order valence-electron chi connectivity index (χ2n) is 5.87. The number of carbonyl (C=O) groups is 1. The van der Waals surface area contributed by atoms with Gasteiger partial charge < -0.3 is 5.32 Å². The summed E-state index contributed by atoms with van der Waals surface area (Å²) in [5.74, 6) is -0.235. The van der Waals surface area contributed by atoms with Crippen LogP contribution >= 0.6 is 0 Å². The molecule has 1 N–H and O–H groups in total. The van der Waals surface area contributed by atoms with Gasteiger partial charge in [0.25, 0.3) is 0 Å². The molecule has 0 aliphatic carbocycles. The molecule has 0 radical (unpaired) electrons. The molecule has 2 nitrogen and oxygen atoms in total. The summed E-state index contributed by atoms with van der Waals surface area (Å²) in [5.41, 5.74) is -0.215. The van der Waals surface area contributed by atoms with Crippen molar-refractivity contribution in [2.45, 2.75) is 32.0 Å². The van der Waals surface area contributed by atoms with Gasteiger partial charge in [-0.2, -0.15) is 13.2 Å². The Morgan fingerprint density at radius 3 is 2.17 bits per heavy atom. The van der Waals surface area contributed by atoms with E-state index in [9.17, 15) is 18.0 Å². The third-order valence-electron chi connectivity index (χ3n) is 3.77. The Morgan fingerprint density at radius 1 is 0.957 bits per heavy atom. The van der Waals surface area contributed by atoms with E-state index in [1.165, 1.54) is 6.07 Å². The average molecular weight is 321 g/mol. The molecule has 0 unspecified atom stereocenters. The maximum atomic E-state index is 12.7. The van der Waals surface area contributed by atoms with Crippen molar-refractivity contribution < 1.29 is 18.0 Å². The first-order valence-electron chi connectivity index (χ1n) is 7.21. The molecule has 2 aromatic carbocycles. The van der Waals surface area contributed by atoms with Gasteiger partial charge in [0.2, 0.25) is 5.91 Å². The van der Waals surface area contributed by atoms with Gasteiger partial charge in [0.15, 0.2) is 0 Å². The fourth-order valence-corrected chi connectivity index (χ4v) is 2.25. The standard InChI is InChI=1S/C18H18F3NO/c1-17(2,14-8-4-3-5-9-14)16(23)22-12-13-7-6-10-15(11-13)18(19,20)21/h3-11H,12H2,1-2H3,(H,22,23). The highest BCUT2D eigenvalue weighted by Crippen LogP contribution is 2.29. The summed E-state index contributed by atoms with van der Waals surface area (Å²) in [6.07, 6.45) is -4.39. The van der Waals surface area contributed by atoms with Crippen LogP contribution in [-0.4, -0.2) is 5.91 Å². The lowest BCUT2D eigenvalue weighted by atomic mass is 9.84. The van der Waals surface area contributed by atoms with Gasteiger partial charge in [-0.3, -0.25) is 4.79 Å². The molecular formula is C18H18F3NO. The maximum Gasteiger partial charge on any atom is 0.416 e. The van der Waals surface area contributed by atoms with Crippen molar-refractivity contribution in [3.05, 3.63) is 71.3 Å². The Labute approximate surface area is 133 Å². The van der Waals surface area contributed by atoms with Crippen molar-refractivity contribution in [3.63, 3.8) is 0 Å². The highest BCUT2D eigenvalue weighted by atomic mass is 19.4. The number of benzene rings is 2. The van der Waals surface area contributed by atoms with Crippen LogP contribution in [0.1, 0.15) is 30.5 Å². The van der Waals surface area contributed by atoms with E-state index in [-0.39, 0.29) is 12.5 Å². The molecule has 0 saturated heterocycles. The van der Waals surface area contributed by atoms with E-state index in [2.05, 4.69) is 5.32 Å². The van der Waals surface area contributed by atoms with Crippen molar-refractivity contribution >= 4 is 5.91 Å². The first-order valence-corrected chi connectivity index (χ1v) is 7.21. The number of nitrogens with one attached hydrogen (secondary N) is 1. The normalized spacial score (nSPS) is 12.0. The van der Waals surface area contributed by atoms with Crippen LogP contribution in [0.4, 0.5) is 13.2 Å². The van der Waals surface area contributed by atoms with Gasteiger partial charge in [0.1, 0.15) is 0 Å². The highest BCUT2D eigenvalue weighted by molar-refractivity contribution is 5.87. The maximum absolute atomic E-state index is 12.7. The Morgan fingerprint density at radius 2 is 1.57 bits per heavy atom. The van der Waals surface area contributed by atoms with Gasteiger partial charge in [0.05, 0.1) is 11.0 Å². The van der Waals surface area contributed by atoms with Gasteiger partial charge in [-0.05, 0) is 37.1 Å². The monoisotopic (exact) mass is 321 g/mol. The molecular weight excluding hydrogens is 303 g/mol. The lowest BCUT2D eigenvalue weighted by Crippen LogP contribution is -2.39. The van der Waals surface area contributed by atoms with Crippen molar-refractivity contribution in [3.8, 4) is 0 Å². The number of amides is 1. The molecule has 2 aromatic rings. The summed E-state index contributed by atoms with van der Waals surface area (Å²) in [5, 5.41) is 2.71. The van der Waals surface area contributed by atoms with E-state index in [0.717, 1.165) is 17.7 Å². The zero-order valence-electron chi connectivity index (χ0n) is 12.9. The Hall–Kier alpha value is -2.30. The van der Waals surface area contributed by atoms with Crippen LogP contribution < -0.4 is 5.32 Å². The molecule has 0 fully saturated rings. The Balaban J connectivity index is 2.08. The summed E-state index contributed by atoms with van der Waals surface area (Å²) < 4.78 is 38.1. The van der Waals surface area contributed by atoms with Crippen LogP contribution in [0, 0.1) is 0 Å².